The van der Waals surface area contributed by atoms with Crippen LogP contribution < -0.4 is 5.32 Å². The van der Waals surface area contributed by atoms with Crippen LogP contribution >= 0.6 is 0 Å². The zero-order valence-corrected chi connectivity index (χ0v) is 7.38. The average molecular weight is 158 g/mol. The van der Waals surface area contributed by atoms with Crippen molar-refractivity contribution in [1.82, 2.24) is 10.2 Å². The molecule has 3 nitrogen and oxygen atoms in total. The molecular formula is C8H18N2O. The predicted octanol–water partition coefficient (Wildman–Crippen LogP) is -0.339. The Morgan fingerprint density at radius 2 is 2.36 bits per heavy atom. The fourth-order valence-electron chi connectivity index (χ4n) is 1.75. The van der Waals surface area contributed by atoms with Crippen molar-refractivity contribution in [2.45, 2.75) is 25.4 Å². The Hall–Kier alpha value is -0.120. The van der Waals surface area contributed by atoms with E-state index in [0.29, 0.717) is 18.7 Å². The normalized spacial score (nSPS) is 34.1. The molecule has 2 atom stereocenters. The van der Waals surface area contributed by atoms with Crippen LogP contribution in [0.4, 0.5) is 0 Å². The first-order valence-electron chi connectivity index (χ1n) is 4.30. The molecule has 0 saturated carbocycles. The van der Waals surface area contributed by atoms with Crippen LogP contribution in [-0.4, -0.2) is 48.8 Å². The van der Waals surface area contributed by atoms with Crippen molar-refractivity contribution in [2.75, 3.05) is 26.7 Å². The number of likely N-dealkylation sites (N-methyl/N-ethyl adjacent to an activating group) is 1. The van der Waals surface area contributed by atoms with Gasteiger partial charge in [0.25, 0.3) is 0 Å². The zero-order valence-electron chi connectivity index (χ0n) is 7.38. The molecule has 1 fully saturated rings. The van der Waals surface area contributed by atoms with E-state index in [1.807, 2.05) is 0 Å². The fourth-order valence-corrected chi connectivity index (χ4v) is 1.75. The number of piperazine rings is 1. The first kappa shape index (κ1) is 8.97. The Bertz CT molecular complexity index is 109. The molecule has 1 heterocycles. The first-order valence-corrected chi connectivity index (χ1v) is 4.30. The van der Waals surface area contributed by atoms with Crippen LogP contribution in [-0.2, 0) is 0 Å². The molecule has 2 N–H and O–H groups in total. The van der Waals surface area contributed by atoms with Crippen molar-refractivity contribution in [2.24, 2.45) is 0 Å². The number of hydrogen-bond donors (Lipinski definition) is 2. The van der Waals surface area contributed by atoms with Crippen LogP contribution in [0.25, 0.3) is 0 Å². The van der Waals surface area contributed by atoms with E-state index in [1.54, 1.807) is 0 Å². The van der Waals surface area contributed by atoms with Crippen LogP contribution in [0.1, 0.15) is 13.3 Å². The summed E-state index contributed by atoms with van der Waals surface area (Å²) < 4.78 is 0. The molecule has 0 radical (unpaired) electrons. The van der Waals surface area contributed by atoms with E-state index >= 15 is 0 Å². The van der Waals surface area contributed by atoms with Crippen LogP contribution in [0.2, 0.25) is 0 Å². The highest BCUT2D eigenvalue weighted by Crippen LogP contribution is 2.09. The number of hydrogen-bond acceptors (Lipinski definition) is 3. The summed E-state index contributed by atoms with van der Waals surface area (Å²) in [5, 5.41) is 12.2. The summed E-state index contributed by atoms with van der Waals surface area (Å²) in [6.07, 6.45) is 0.880. The lowest BCUT2D eigenvalue weighted by molar-refractivity contribution is 0.126. The van der Waals surface area contributed by atoms with Gasteiger partial charge in [0.05, 0.1) is 0 Å². The van der Waals surface area contributed by atoms with Gasteiger partial charge in [0.1, 0.15) is 0 Å². The summed E-state index contributed by atoms with van der Waals surface area (Å²) in [7, 11) is 2.12. The van der Waals surface area contributed by atoms with Gasteiger partial charge >= 0.3 is 0 Å². The van der Waals surface area contributed by atoms with Gasteiger partial charge in [-0.05, 0) is 20.4 Å². The van der Waals surface area contributed by atoms with Gasteiger partial charge in [-0.1, -0.05) is 0 Å². The van der Waals surface area contributed by atoms with Gasteiger partial charge in [-0.3, -0.25) is 0 Å². The quantitative estimate of drug-likeness (QED) is 0.577. The monoisotopic (exact) mass is 158 g/mol. The molecule has 2 unspecified atom stereocenters. The SMILES string of the molecule is CC1NCCN(C)C1CCO. The minimum absolute atomic E-state index is 0.293. The molecule has 0 aromatic carbocycles. The van der Waals surface area contributed by atoms with Crippen molar-refractivity contribution in [3.05, 3.63) is 0 Å². The Kier molecular flexibility index (Phi) is 3.30. The summed E-state index contributed by atoms with van der Waals surface area (Å²) in [5.41, 5.74) is 0. The van der Waals surface area contributed by atoms with E-state index in [9.17, 15) is 0 Å². The summed E-state index contributed by atoms with van der Waals surface area (Å²) >= 11 is 0. The van der Waals surface area contributed by atoms with E-state index in [4.69, 9.17) is 5.11 Å². The topological polar surface area (TPSA) is 35.5 Å². The van der Waals surface area contributed by atoms with Crippen LogP contribution in [0, 0.1) is 0 Å². The minimum atomic E-state index is 0.293. The molecule has 0 aromatic rings. The van der Waals surface area contributed by atoms with Crippen molar-refractivity contribution in [3.63, 3.8) is 0 Å². The van der Waals surface area contributed by atoms with E-state index < -0.39 is 0 Å². The maximum Gasteiger partial charge on any atom is 0.0446 e. The molecule has 1 aliphatic rings. The summed E-state index contributed by atoms with van der Waals surface area (Å²) in [4.78, 5) is 2.32. The molecule has 0 bridgehead atoms. The van der Waals surface area contributed by atoms with Crippen molar-refractivity contribution < 1.29 is 5.11 Å². The van der Waals surface area contributed by atoms with E-state index in [-0.39, 0.29) is 0 Å². The lowest BCUT2D eigenvalue weighted by Crippen LogP contribution is -2.55. The third-order valence-electron chi connectivity index (χ3n) is 2.50. The fraction of sp³-hybridized carbons (Fsp3) is 1.00. The number of nitrogens with one attached hydrogen (secondary N) is 1. The average Bonchev–Trinajstić information content (AvgIpc) is 1.97. The van der Waals surface area contributed by atoms with E-state index in [2.05, 4.69) is 24.2 Å². The van der Waals surface area contributed by atoms with Gasteiger partial charge in [0.2, 0.25) is 0 Å². The molecule has 66 valence electrons. The Morgan fingerprint density at radius 1 is 1.64 bits per heavy atom. The van der Waals surface area contributed by atoms with Gasteiger partial charge < -0.3 is 15.3 Å². The number of aliphatic hydroxyl groups excluding tert-OH is 1. The standard InChI is InChI=1S/C8H18N2O/c1-7-8(3-6-11)10(2)5-4-9-7/h7-9,11H,3-6H2,1-2H3. The second kappa shape index (κ2) is 4.04. The minimum Gasteiger partial charge on any atom is -0.396 e. The van der Waals surface area contributed by atoms with E-state index in [1.165, 1.54) is 0 Å². The highest BCUT2D eigenvalue weighted by molar-refractivity contribution is 4.84. The van der Waals surface area contributed by atoms with Crippen molar-refractivity contribution in [3.8, 4) is 0 Å². The molecule has 0 spiro atoms. The Labute approximate surface area is 68.4 Å². The lowest BCUT2D eigenvalue weighted by Gasteiger charge is -2.38. The van der Waals surface area contributed by atoms with Gasteiger partial charge in [-0.15, -0.1) is 0 Å². The molecule has 0 amide bonds. The van der Waals surface area contributed by atoms with Gasteiger partial charge in [-0.2, -0.15) is 0 Å². The smallest absolute Gasteiger partial charge is 0.0446 e. The van der Waals surface area contributed by atoms with Gasteiger partial charge in [0, 0.05) is 31.8 Å². The molecule has 1 saturated heterocycles. The molecule has 1 rings (SSSR count). The second-order valence-corrected chi connectivity index (χ2v) is 3.30. The van der Waals surface area contributed by atoms with Crippen LogP contribution in [0.3, 0.4) is 0 Å². The molecule has 11 heavy (non-hydrogen) atoms. The van der Waals surface area contributed by atoms with E-state index in [0.717, 1.165) is 19.5 Å². The van der Waals surface area contributed by atoms with Crippen LogP contribution in [0.5, 0.6) is 0 Å². The highest BCUT2D eigenvalue weighted by Gasteiger charge is 2.24. The summed E-state index contributed by atoms with van der Waals surface area (Å²) in [6, 6.07) is 1.02. The first-order chi connectivity index (χ1) is 5.25. The molecule has 3 heteroatoms. The number of nitrogens with zero attached hydrogens (tertiary/aromatic N) is 1. The third-order valence-corrected chi connectivity index (χ3v) is 2.50. The maximum atomic E-state index is 8.80. The molecule has 0 aromatic heterocycles. The van der Waals surface area contributed by atoms with Gasteiger partial charge in [-0.25, -0.2) is 0 Å². The number of rotatable bonds is 2. The lowest BCUT2D eigenvalue weighted by atomic mass is 10.0. The molecule has 1 aliphatic heterocycles. The zero-order chi connectivity index (χ0) is 8.27. The number of aliphatic hydroxyl groups is 1. The maximum absolute atomic E-state index is 8.80. The molecular weight excluding hydrogens is 140 g/mol. The predicted molar refractivity (Wildman–Crippen MR) is 45.6 cm³/mol. The highest BCUT2D eigenvalue weighted by atomic mass is 16.3. The third kappa shape index (κ3) is 2.15. The van der Waals surface area contributed by atoms with Crippen molar-refractivity contribution >= 4 is 0 Å². The largest absolute Gasteiger partial charge is 0.396 e. The van der Waals surface area contributed by atoms with Gasteiger partial charge in [0.15, 0.2) is 0 Å². The van der Waals surface area contributed by atoms with Crippen LogP contribution in [0.15, 0.2) is 0 Å². The Balaban J connectivity index is 2.41. The summed E-state index contributed by atoms with van der Waals surface area (Å²) in [6.45, 7) is 4.63. The molecule has 0 aliphatic carbocycles. The summed E-state index contributed by atoms with van der Waals surface area (Å²) in [5.74, 6) is 0. The Morgan fingerprint density at radius 3 is 2.91 bits per heavy atom. The second-order valence-electron chi connectivity index (χ2n) is 3.30. The van der Waals surface area contributed by atoms with Crippen molar-refractivity contribution in [1.29, 1.82) is 0 Å².